The molecule has 1 heterocycles. The van der Waals surface area contributed by atoms with Crippen LogP contribution >= 0.6 is 11.6 Å². The summed E-state index contributed by atoms with van der Waals surface area (Å²) in [4.78, 5) is 7.96. The van der Waals surface area contributed by atoms with Crippen molar-refractivity contribution in [3.05, 3.63) is 64.9 Å². The Bertz CT molecular complexity index is 978. The summed E-state index contributed by atoms with van der Waals surface area (Å²) in [5, 5.41) is 2.80. The summed E-state index contributed by atoms with van der Waals surface area (Å²) >= 11 is 6.00. The number of nitrogen functional groups attached to an aromatic ring is 1. The number of anilines is 3. The van der Waals surface area contributed by atoms with Crippen molar-refractivity contribution >= 4 is 28.8 Å². The minimum Gasteiger partial charge on any atom is -0.437 e. The number of nitrogens with zero attached hydrogens (tertiary/aromatic N) is 2. The molecular weight excluding hydrogens is 393 g/mol. The van der Waals surface area contributed by atoms with Gasteiger partial charge in [-0.3, -0.25) is 0 Å². The quantitative estimate of drug-likeness (QED) is 0.555. The van der Waals surface area contributed by atoms with Crippen LogP contribution in [0.4, 0.5) is 30.4 Å². The second kappa shape index (κ2) is 7.93. The Labute approximate surface area is 164 Å². The number of rotatable bonds is 5. The lowest BCUT2D eigenvalue weighted by Crippen LogP contribution is -2.07. The Balaban J connectivity index is 1.87. The first kappa shape index (κ1) is 19.8. The number of aromatic nitrogens is 2. The largest absolute Gasteiger partial charge is 0.437 e. The molecular formula is C19H16ClF3N4O. The predicted molar refractivity (Wildman–Crippen MR) is 102 cm³/mol. The van der Waals surface area contributed by atoms with Crippen molar-refractivity contribution in [2.45, 2.75) is 19.5 Å². The van der Waals surface area contributed by atoms with Gasteiger partial charge in [-0.25, -0.2) is 4.98 Å². The molecule has 2 aromatic carbocycles. The summed E-state index contributed by atoms with van der Waals surface area (Å²) < 4.78 is 44.5. The molecule has 3 rings (SSSR count). The molecule has 0 fully saturated rings. The first-order valence-corrected chi connectivity index (χ1v) is 8.66. The number of aryl methyl sites for hydroxylation is 1. The fraction of sp³-hybridized carbons (Fsp3) is 0.158. The SMILES string of the molecule is CCc1ccc(Oc2ncnc(Nc3cc(C(F)(F)F)ccc3Cl)c2N)cc1. The fourth-order valence-electron chi connectivity index (χ4n) is 2.39. The highest BCUT2D eigenvalue weighted by atomic mass is 35.5. The summed E-state index contributed by atoms with van der Waals surface area (Å²) in [7, 11) is 0. The average molecular weight is 409 g/mol. The normalized spacial score (nSPS) is 11.3. The number of alkyl halides is 3. The molecule has 28 heavy (non-hydrogen) atoms. The topological polar surface area (TPSA) is 73.1 Å². The molecule has 0 aliphatic heterocycles. The van der Waals surface area contributed by atoms with E-state index in [1.165, 1.54) is 6.33 Å². The zero-order valence-corrected chi connectivity index (χ0v) is 15.5. The second-order valence-corrected chi connectivity index (χ2v) is 6.27. The van der Waals surface area contributed by atoms with E-state index in [2.05, 4.69) is 15.3 Å². The molecule has 0 saturated carbocycles. The van der Waals surface area contributed by atoms with Crippen molar-refractivity contribution in [3.8, 4) is 11.6 Å². The highest BCUT2D eigenvalue weighted by Crippen LogP contribution is 2.37. The van der Waals surface area contributed by atoms with Crippen LogP contribution in [0.1, 0.15) is 18.1 Å². The van der Waals surface area contributed by atoms with Gasteiger partial charge in [0, 0.05) is 0 Å². The molecule has 0 bridgehead atoms. The van der Waals surface area contributed by atoms with E-state index in [0.717, 1.165) is 30.2 Å². The lowest BCUT2D eigenvalue weighted by atomic mass is 10.2. The van der Waals surface area contributed by atoms with E-state index in [1.807, 2.05) is 19.1 Å². The summed E-state index contributed by atoms with van der Waals surface area (Å²) in [6.07, 6.45) is -2.42. The van der Waals surface area contributed by atoms with Crippen molar-refractivity contribution in [1.29, 1.82) is 0 Å². The van der Waals surface area contributed by atoms with Crippen LogP contribution in [0, 0.1) is 0 Å². The Morgan fingerprint density at radius 3 is 2.46 bits per heavy atom. The van der Waals surface area contributed by atoms with Crippen molar-refractivity contribution in [2.75, 3.05) is 11.1 Å². The van der Waals surface area contributed by atoms with E-state index < -0.39 is 11.7 Å². The Kier molecular flexibility index (Phi) is 5.60. The third-order valence-corrected chi connectivity index (χ3v) is 4.27. The molecule has 0 unspecified atom stereocenters. The summed E-state index contributed by atoms with van der Waals surface area (Å²) in [5.74, 6) is 0.673. The van der Waals surface area contributed by atoms with Crippen LogP contribution in [-0.2, 0) is 12.6 Å². The molecule has 0 aliphatic rings. The molecule has 0 radical (unpaired) electrons. The smallest absolute Gasteiger partial charge is 0.416 e. The van der Waals surface area contributed by atoms with Gasteiger partial charge in [-0.15, -0.1) is 0 Å². The fourth-order valence-corrected chi connectivity index (χ4v) is 2.55. The molecule has 3 aromatic rings. The molecule has 1 aromatic heterocycles. The van der Waals surface area contributed by atoms with Crippen LogP contribution in [0.3, 0.4) is 0 Å². The van der Waals surface area contributed by atoms with E-state index in [-0.39, 0.29) is 28.1 Å². The van der Waals surface area contributed by atoms with Crippen molar-refractivity contribution in [1.82, 2.24) is 9.97 Å². The van der Waals surface area contributed by atoms with E-state index >= 15 is 0 Å². The van der Waals surface area contributed by atoms with Crippen LogP contribution in [0.5, 0.6) is 11.6 Å². The maximum absolute atomic E-state index is 12.9. The molecule has 9 heteroatoms. The maximum atomic E-state index is 12.9. The van der Waals surface area contributed by atoms with Crippen molar-refractivity contribution in [2.24, 2.45) is 0 Å². The molecule has 3 N–H and O–H groups in total. The third kappa shape index (κ3) is 4.45. The zero-order valence-electron chi connectivity index (χ0n) is 14.7. The van der Waals surface area contributed by atoms with E-state index in [1.54, 1.807) is 12.1 Å². The van der Waals surface area contributed by atoms with Gasteiger partial charge in [0.25, 0.3) is 0 Å². The highest BCUT2D eigenvalue weighted by molar-refractivity contribution is 6.33. The number of nitrogens with two attached hydrogens (primary N) is 1. The van der Waals surface area contributed by atoms with Crippen LogP contribution in [0.15, 0.2) is 48.8 Å². The number of hydrogen-bond acceptors (Lipinski definition) is 5. The van der Waals surface area contributed by atoms with Gasteiger partial charge in [0.05, 0.1) is 16.3 Å². The minimum absolute atomic E-state index is 0.0140. The lowest BCUT2D eigenvalue weighted by Gasteiger charge is -2.14. The van der Waals surface area contributed by atoms with E-state index in [4.69, 9.17) is 22.1 Å². The van der Waals surface area contributed by atoms with Gasteiger partial charge in [0.1, 0.15) is 17.8 Å². The van der Waals surface area contributed by atoms with Gasteiger partial charge < -0.3 is 15.8 Å². The van der Waals surface area contributed by atoms with Gasteiger partial charge in [0.15, 0.2) is 5.82 Å². The van der Waals surface area contributed by atoms with Crippen LogP contribution in [0.25, 0.3) is 0 Å². The first-order chi connectivity index (χ1) is 13.3. The molecule has 0 amide bonds. The van der Waals surface area contributed by atoms with Gasteiger partial charge in [-0.05, 0) is 42.3 Å². The van der Waals surface area contributed by atoms with Gasteiger partial charge in [-0.2, -0.15) is 18.2 Å². The first-order valence-electron chi connectivity index (χ1n) is 8.29. The molecule has 0 atom stereocenters. The van der Waals surface area contributed by atoms with Gasteiger partial charge >= 0.3 is 6.18 Å². The van der Waals surface area contributed by atoms with Crippen LogP contribution < -0.4 is 15.8 Å². The molecule has 0 aliphatic carbocycles. The number of nitrogens with one attached hydrogen (secondary N) is 1. The Morgan fingerprint density at radius 1 is 1.11 bits per heavy atom. The lowest BCUT2D eigenvalue weighted by molar-refractivity contribution is -0.137. The second-order valence-electron chi connectivity index (χ2n) is 5.86. The standard InChI is InChI=1S/C19H16ClF3N4O/c1-2-11-3-6-13(7-4-11)28-18-16(24)17(25-10-26-18)27-15-9-12(19(21,22)23)5-8-14(15)20/h3-10H,2,24H2,1H3,(H,25,26,27). The number of benzene rings is 2. The van der Waals surface area contributed by atoms with Crippen molar-refractivity contribution in [3.63, 3.8) is 0 Å². The number of halogens is 4. The van der Waals surface area contributed by atoms with E-state index in [9.17, 15) is 13.2 Å². The molecule has 0 saturated heterocycles. The minimum atomic E-state index is -4.50. The average Bonchev–Trinajstić information content (AvgIpc) is 2.66. The van der Waals surface area contributed by atoms with Crippen LogP contribution in [0.2, 0.25) is 5.02 Å². The summed E-state index contributed by atoms with van der Waals surface area (Å²) in [6.45, 7) is 2.04. The van der Waals surface area contributed by atoms with Crippen molar-refractivity contribution < 1.29 is 17.9 Å². The Hall–Kier alpha value is -3.00. The zero-order chi connectivity index (χ0) is 20.3. The molecule has 0 spiro atoms. The molecule has 146 valence electrons. The van der Waals surface area contributed by atoms with Gasteiger partial charge in [0.2, 0.25) is 5.88 Å². The highest BCUT2D eigenvalue weighted by Gasteiger charge is 2.31. The monoisotopic (exact) mass is 408 g/mol. The molecule has 5 nitrogen and oxygen atoms in total. The number of hydrogen-bond donors (Lipinski definition) is 2. The Morgan fingerprint density at radius 2 is 1.82 bits per heavy atom. The third-order valence-electron chi connectivity index (χ3n) is 3.94. The number of ether oxygens (including phenoxy) is 1. The van der Waals surface area contributed by atoms with E-state index in [0.29, 0.717) is 5.75 Å². The maximum Gasteiger partial charge on any atom is 0.416 e. The van der Waals surface area contributed by atoms with Gasteiger partial charge in [-0.1, -0.05) is 30.7 Å². The van der Waals surface area contributed by atoms with Crippen LogP contribution in [-0.4, -0.2) is 9.97 Å². The predicted octanol–water partition coefficient (Wildman–Crippen LogP) is 5.83. The summed E-state index contributed by atoms with van der Waals surface area (Å²) in [5.41, 5.74) is 6.38. The summed E-state index contributed by atoms with van der Waals surface area (Å²) in [6, 6.07) is 10.3.